The van der Waals surface area contributed by atoms with Crippen LogP contribution in [0.5, 0.6) is 5.75 Å². The highest BCUT2D eigenvalue weighted by atomic mass is 32.2. The van der Waals surface area contributed by atoms with Gasteiger partial charge in [-0.15, -0.1) is 0 Å². The van der Waals surface area contributed by atoms with Crippen LogP contribution >= 0.6 is 11.9 Å². The van der Waals surface area contributed by atoms with Crippen LogP contribution < -0.4 is 9.46 Å². The highest BCUT2D eigenvalue weighted by Crippen LogP contribution is 2.36. The third-order valence-electron chi connectivity index (χ3n) is 5.74. The van der Waals surface area contributed by atoms with E-state index in [4.69, 9.17) is 4.74 Å². The largest absolute Gasteiger partial charge is 0.489 e. The van der Waals surface area contributed by atoms with Gasteiger partial charge in [-0.05, 0) is 48.4 Å². The summed E-state index contributed by atoms with van der Waals surface area (Å²) < 4.78 is 63.9. The molecule has 172 valence electrons. The normalized spacial score (nSPS) is 21.7. The van der Waals surface area contributed by atoms with E-state index < -0.39 is 16.9 Å². The zero-order valence-electron chi connectivity index (χ0n) is 17.5. The number of carbonyl (C=O) groups excluding carboxylic acids is 1. The monoisotopic (exact) mass is 468 g/mol. The molecule has 2 heterocycles. The van der Waals surface area contributed by atoms with Crippen molar-refractivity contribution < 1.29 is 27.1 Å². The summed E-state index contributed by atoms with van der Waals surface area (Å²) >= 11 is 0.365. The Balaban J connectivity index is 1.72. The van der Waals surface area contributed by atoms with Gasteiger partial charge in [-0.25, -0.2) is 8.78 Å². The number of piperidine rings is 1. The van der Waals surface area contributed by atoms with E-state index in [1.54, 1.807) is 23.1 Å². The number of hydrogen-bond acceptors (Lipinski definition) is 4. The molecule has 32 heavy (non-hydrogen) atoms. The summed E-state index contributed by atoms with van der Waals surface area (Å²) in [4.78, 5) is 14.7. The number of nitrogens with zero attached hydrogens (tertiary/aromatic N) is 1. The SMILES string of the molecule is CC(F)(F)SNC1CCCN2C(=O)CCOc3c(F)cc(F)cc3-c3cccc(c3)CC12. The molecule has 0 spiro atoms. The van der Waals surface area contributed by atoms with E-state index in [0.29, 0.717) is 43.3 Å². The molecule has 2 aromatic rings. The zero-order chi connectivity index (χ0) is 22.9. The van der Waals surface area contributed by atoms with Gasteiger partial charge < -0.3 is 9.64 Å². The lowest BCUT2D eigenvalue weighted by Gasteiger charge is -2.42. The fraction of sp³-hybridized carbons (Fsp3) is 0.435. The maximum atomic E-state index is 14.5. The lowest BCUT2D eigenvalue weighted by molar-refractivity contribution is -0.136. The van der Waals surface area contributed by atoms with Gasteiger partial charge in [0.2, 0.25) is 5.91 Å². The van der Waals surface area contributed by atoms with E-state index in [2.05, 4.69) is 4.72 Å². The van der Waals surface area contributed by atoms with Crippen molar-refractivity contribution in [2.75, 3.05) is 13.2 Å². The van der Waals surface area contributed by atoms with Gasteiger partial charge in [0.05, 0.1) is 19.1 Å². The Morgan fingerprint density at radius 1 is 1.22 bits per heavy atom. The second-order valence-corrected chi connectivity index (χ2v) is 9.35. The van der Waals surface area contributed by atoms with Gasteiger partial charge in [0, 0.05) is 31.1 Å². The predicted molar refractivity (Wildman–Crippen MR) is 115 cm³/mol. The van der Waals surface area contributed by atoms with E-state index >= 15 is 0 Å². The summed E-state index contributed by atoms with van der Waals surface area (Å²) in [5.41, 5.74) is 1.70. The standard InChI is InChI=1S/C23H24F4N2O2S/c1-23(26,27)32-28-19-6-3-8-29-20(19)11-14-4-2-5-15(10-14)17-12-16(24)13-18(25)22(17)31-9-7-21(29)30/h2,4-5,10,12-13,19-20,28H,3,6-9,11H2,1H3. The Morgan fingerprint density at radius 2 is 2.03 bits per heavy atom. The molecule has 0 aliphatic carbocycles. The minimum atomic E-state index is -2.94. The summed E-state index contributed by atoms with van der Waals surface area (Å²) in [5.74, 6) is -1.82. The molecule has 1 N–H and O–H groups in total. The van der Waals surface area contributed by atoms with Crippen LogP contribution in [0.15, 0.2) is 36.4 Å². The van der Waals surface area contributed by atoms with Gasteiger partial charge >= 0.3 is 5.25 Å². The molecule has 0 radical (unpaired) electrons. The first-order valence-electron chi connectivity index (χ1n) is 10.5. The van der Waals surface area contributed by atoms with E-state index in [-0.39, 0.29) is 42.3 Å². The summed E-state index contributed by atoms with van der Waals surface area (Å²) in [6.45, 7) is 1.27. The molecule has 9 heteroatoms. The van der Waals surface area contributed by atoms with Crippen molar-refractivity contribution in [3.63, 3.8) is 0 Å². The number of amides is 1. The van der Waals surface area contributed by atoms with E-state index in [1.807, 2.05) is 6.07 Å². The highest BCUT2D eigenvalue weighted by Gasteiger charge is 2.36. The summed E-state index contributed by atoms with van der Waals surface area (Å²) in [7, 11) is 0. The van der Waals surface area contributed by atoms with Gasteiger partial charge in [0.15, 0.2) is 11.6 Å². The number of carbonyl (C=O) groups is 1. The molecule has 4 nitrogen and oxygen atoms in total. The van der Waals surface area contributed by atoms with E-state index in [1.165, 1.54) is 6.07 Å². The summed E-state index contributed by atoms with van der Waals surface area (Å²) in [6.07, 6.45) is 1.78. The zero-order valence-corrected chi connectivity index (χ0v) is 18.4. The van der Waals surface area contributed by atoms with Crippen LogP contribution in [0.25, 0.3) is 11.1 Å². The lowest BCUT2D eigenvalue weighted by Crippen LogP contribution is -2.56. The number of halogens is 4. The lowest BCUT2D eigenvalue weighted by atomic mass is 9.90. The number of fused-ring (bicyclic) bond motifs is 5. The molecule has 0 saturated carbocycles. The van der Waals surface area contributed by atoms with Gasteiger partial charge in [-0.2, -0.15) is 8.78 Å². The van der Waals surface area contributed by atoms with E-state index in [9.17, 15) is 22.4 Å². The van der Waals surface area contributed by atoms with Crippen LogP contribution in [-0.2, 0) is 11.2 Å². The molecule has 1 saturated heterocycles. The van der Waals surface area contributed by atoms with Gasteiger partial charge in [0.1, 0.15) is 5.82 Å². The molecule has 2 aliphatic rings. The second kappa shape index (κ2) is 9.31. The van der Waals surface area contributed by atoms with Gasteiger partial charge in [0.25, 0.3) is 0 Å². The van der Waals surface area contributed by atoms with Crippen molar-refractivity contribution >= 4 is 17.9 Å². The first-order valence-corrected chi connectivity index (χ1v) is 11.3. The van der Waals surface area contributed by atoms with Crippen molar-refractivity contribution in [1.82, 2.24) is 9.62 Å². The molecule has 1 fully saturated rings. The van der Waals surface area contributed by atoms with Crippen LogP contribution in [0, 0.1) is 11.6 Å². The second-order valence-electron chi connectivity index (χ2n) is 8.20. The number of benzene rings is 2. The smallest absolute Gasteiger partial charge is 0.304 e. The molecule has 2 atom stereocenters. The number of hydrogen-bond donors (Lipinski definition) is 1. The maximum absolute atomic E-state index is 14.5. The molecule has 2 aromatic carbocycles. The Bertz CT molecular complexity index is 998. The molecule has 2 aliphatic heterocycles. The van der Waals surface area contributed by atoms with Crippen LogP contribution in [0.2, 0.25) is 0 Å². The molecule has 0 aromatic heterocycles. The molecular weight excluding hydrogens is 444 g/mol. The molecule has 1 amide bonds. The summed E-state index contributed by atoms with van der Waals surface area (Å²) in [5, 5.41) is -2.94. The van der Waals surface area contributed by atoms with Crippen molar-refractivity contribution in [2.24, 2.45) is 0 Å². The van der Waals surface area contributed by atoms with Crippen molar-refractivity contribution in [3.8, 4) is 16.9 Å². The first-order chi connectivity index (χ1) is 15.2. The predicted octanol–water partition coefficient (Wildman–Crippen LogP) is 5.17. The Morgan fingerprint density at radius 3 is 2.81 bits per heavy atom. The Hall–Kier alpha value is -2.26. The Kier molecular flexibility index (Phi) is 6.67. The highest BCUT2D eigenvalue weighted by molar-refractivity contribution is 7.98. The quantitative estimate of drug-likeness (QED) is 0.499. The van der Waals surface area contributed by atoms with Crippen LogP contribution in [-0.4, -0.2) is 41.3 Å². The van der Waals surface area contributed by atoms with Crippen LogP contribution in [0.1, 0.15) is 31.7 Å². The summed E-state index contributed by atoms with van der Waals surface area (Å²) in [6, 6.07) is 8.50. The van der Waals surface area contributed by atoms with Crippen LogP contribution in [0.4, 0.5) is 17.6 Å². The molecule has 2 bridgehead atoms. The Labute approximate surface area is 188 Å². The number of alkyl halides is 2. The van der Waals surface area contributed by atoms with Gasteiger partial charge in [-0.1, -0.05) is 24.3 Å². The topological polar surface area (TPSA) is 41.6 Å². The molecular formula is C23H24F4N2O2S. The molecule has 2 unspecified atom stereocenters. The molecule has 4 rings (SSSR count). The van der Waals surface area contributed by atoms with Gasteiger partial charge in [-0.3, -0.25) is 9.52 Å². The first kappa shape index (κ1) is 22.9. The van der Waals surface area contributed by atoms with Crippen LogP contribution in [0.3, 0.4) is 0 Å². The number of ether oxygens (including phenoxy) is 1. The third-order valence-corrected chi connectivity index (χ3v) is 6.52. The number of rotatable bonds is 3. The third kappa shape index (κ3) is 5.20. The average molecular weight is 469 g/mol. The number of nitrogens with one attached hydrogen (secondary N) is 1. The van der Waals surface area contributed by atoms with Crippen molar-refractivity contribution in [2.45, 2.75) is 49.9 Å². The fourth-order valence-electron chi connectivity index (χ4n) is 4.35. The minimum absolute atomic E-state index is 0.00446. The minimum Gasteiger partial charge on any atom is -0.489 e. The van der Waals surface area contributed by atoms with Crippen molar-refractivity contribution in [1.29, 1.82) is 0 Å². The van der Waals surface area contributed by atoms with E-state index in [0.717, 1.165) is 18.6 Å². The van der Waals surface area contributed by atoms with Crippen molar-refractivity contribution in [3.05, 3.63) is 53.6 Å². The average Bonchev–Trinajstić information content (AvgIpc) is 2.73. The fourth-order valence-corrected chi connectivity index (χ4v) is 4.98. The maximum Gasteiger partial charge on any atom is 0.304 e.